The Morgan fingerprint density at radius 2 is 1.85 bits per heavy atom. The minimum atomic E-state index is -0.859. The fourth-order valence-corrected chi connectivity index (χ4v) is 4.37. The summed E-state index contributed by atoms with van der Waals surface area (Å²) in [4.78, 5) is 26.2. The molecule has 8 heteroatoms. The van der Waals surface area contributed by atoms with Gasteiger partial charge in [0.1, 0.15) is 16.7 Å². The van der Waals surface area contributed by atoms with E-state index in [2.05, 4.69) is 15.9 Å². The highest BCUT2D eigenvalue weighted by molar-refractivity contribution is 9.10. The molecule has 0 unspecified atom stereocenters. The normalized spacial score (nSPS) is 18.3. The van der Waals surface area contributed by atoms with Crippen LogP contribution in [0, 0.1) is 11.3 Å². The maximum atomic E-state index is 13.1. The van der Waals surface area contributed by atoms with Crippen molar-refractivity contribution in [3.63, 3.8) is 0 Å². The van der Waals surface area contributed by atoms with Gasteiger partial charge < -0.3 is 5.73 Å². The average Bonchev–Trinajstić information content (AvgIpc) is 2.94. The van der Waals surface area contributed by atoms with Gasteiger partial charge in [-0.05, 0) is 48.4 Å². The fourth-order valence-electron chi connectivity index (χ4n) is 2.66. The molecule has 27 heavy (non-hydrogen) atoms. The predicted molar refractivity (Wildman–Crippen MR) is 110 cm³/mol. The highest BCUT2D eigenvalue weighted by Gasteiger charge is 2.40. The third kappa shape index (κ3) is 4.19. The molecule has 1 heterocycles. The number of amides is 2. The van der Waals surface area contributed by atoms with Crippen LogP contribution in [-0.2, 0) is 16.0 Å². The molecule has 0 radical (unpaired) electrons. The number of nitrogens with two attached hydrogens (primary N) is 1. The molecular formula is C19H13BrClN3O2S. The first-order valence-electron chi connectivity index (χ1n) is 7.85. The van der Waals surface area contributed by atoms with E-state index < -0.39 is 11.2 Å². The van der Waals surface area contributed by atoms with Gasteiger partial charge in [0.25, 0.3) is 5.91 Å². The standard InChI is InChI=1S/C19H13BrClN3O2S/c20-12-3-7-14(8-4-12)24-18(26)16(9-11-1-5-13(21)6-2-11)27-19(24)15(10-22)17(23)25/h1-8,16H,9H2,(H2,23,25)/b19-15-/t16-/m1/s1. The van der Waals surface area contributed by atoms with Crippen LogP contribution in [0.15, 0.2) is 63.6 Å². The fraction of sp³-hybridized carbons (Fsp3) is 0.105. The molecule has 1 atom stereocenters. The van der Waals surface area contributed by atoms with E-state index in [0.717, 1.165) is 10.0 Å². The highest BCUT2D eigenvalue weighted by Crippen LogP contribution is 2.42. The molecule has 1 aliphatic heterocycles. The summed E-state index contributed by atoms with van der Waals surface area (Å²) in [6, 6.07) is 16.1. The van der Waals surface area contributed by atoms with E-state index >= 15 is 0 Å². The van der Waals surface area contributed by atoms with Crippen LogP contribution in [0.3, 0.4) is 0 Å². The van der Waals surface area contributed by atoms with Crippen molar-refractivity contribution in [2.75, 3.05) is 4.90 Å². The van der Waals surface area contributed by atoms with E-state index in [9.17, 15) is 14.9 Å². The van der Waals surface area contributed by atoms with Gasteiger partial charge in [0, 0.05) is 15.2 Å². The van der Waals surface area contributed by atoms with Gasteiger partial charge in [0.15, 0.2) is 0 Å². The van der Waals surface area contributed by atoms with Gasteiger partial charge in [0.2, 0.25) is 5.91 Å². The van der Waals surface area contributed by atoms with Crippen molar-refractivity contribution in [1.82, 2.24) is 0 Å². The predicted octanol–water partition coefficient (Wildman–Crippen LogP) is 4.01. The number of hydrogen-bond acceptors (Lipinski definition) is 4. The summed E-state index contributed by atoms with van der Waals surface area (Å²) in [6.07, 6.45) is 0.439. The van der Waals surface area contributed by atoms with Crippen molar-refractivity contribution in [2.45, 2.75) is 11.7 Å². The van der Waals surface area contributed by atoms with Crippen LogP contribution in [0.4, 0.5) is 5.69 Å². The van der Waals surface area contributed by atoms with E-state index in [1.807, 2.05) is 18.2 Å². The number of halogens is 2. The summed E-state index contributed by atoms with van der Waals surface area (Å²) >= 11 is 10.4. The Balaban J connectivity index is 2.01. The zero-order valence-electron chi connectivity index (χ0n) is 13.9. The molecule has 0 aromatic heterocycles. The largest absolute Gasteiger partial charge is 0.365 e. The Labute approximate surface area is 173 Å². The van der Waals surface area contributed by atoms with E-state index in [1.54, 1.807) is 36.4 Å². The van der Waals surface area contributed by atoms with Crippen LogP contribution in [-0.4, -0.2) is 17.1 Å². The number of carbonyl (C=O) groups excluding carboxylic acids is 2. The van der Waals surface area contributed by atoms with Crippen molar-refractivity contribution in [2.24, 2.45) is 5.73 Å². The van der Waals surface area contributed by atoms with Crippen LogP contribution in [0.25, 0.3) is 0 Å². The average molecular weight is 463 g/mol. The van der Waals surface area contributed by atoms with Crippen molar-refractivity contribution in [3.05, 3.63) is 74.2 Å². The van der Waals surface area contributed by atoms with E-state index in [0.29, 0.717) is 17.1 Å². The maximum Gasteiger partial charge on any atom is 0.262 e. The second-order valence-electron chi connectivity index (χ2n) is 5.74. The Morgan fingerprint density at radius 3 is 2.41 bits per heavy atom. The summed E-state index contributed by atoms with van der Waals surface area (Å²) in [6.45, 7) is 0. The molecule has 0 spiro atoms. The van der Waals surface area contributed by atoms with Crippen molar-refractivity contribution in [1.29, 1.82) is 5.26 Å². The third-order valence-electron chi connectivity index (χ3n) is 3.94. The molecule has 0 bridgehead atoms. The lowest BCUT2D eigenvalue weighted by atomic mass is 10.1. The smallest absolute Gasteiger partial charge is 0.262 e. The first-order valence-corrected chi connectivity index (χ1v) is 9.90. The van der Waals surface area contributed by atoms with Gasteiger partial charge in [-0.15, -0.1) is 0 Å². The van der Waals surface area contributed by atoms with Crippen molar-refractivity contribution in [3.8, 4) is 6.07 Å². The Kier molecular flexibility index (Phi) is 5.90. The first kappa shape index (κ1) is 19.5. The number of thioether (sulfide) groups is 1. The zero-order valence-corrected chi connectivity index (χ0v) is 17.0. The number of rotatable bonds is 4. The molecule has 2 aromatic carbocycles. The zero-order chi connectivity index (χ0) is 19.6. The number of hydrogen-bond donors (Lipinski definition) is 1. The highest BCUT2D eigenvalue weighted by atomic mass is 79.9. The van der Waals surface area contributed by atoms with Gasteiger partial charge >= 0.3 is 0 Å². The van der Waals surface area contributed by atoms with Crippen molar-refractivity contribution >= 4 is 56.8 Å². The molecular weight excluding hydrogens is 450 g/mol. The molecule has 2 amide bonds. The Hall–Kier alpha value is -2.27. The quantitative estimate of drug-likeness (QED) is 0.549. The lowest BCUT2D eigenvalue weighted by Gasteiger charge is -2.18. The Morgan fingerprint density at radius 1 is 1.22 bits per heavy atom. The molecule has 2 aromatic rings. The van der Waals surface area contributed by atoms with Gasteiger partial charge in [-0.2, -0.15) is 5.26 Å². The Bertz CT molecular complexity index is 968. The number of anilines is 1. The van der Waals surface area contributed by atoms with Gasteiger partial charge in [-0.1, -0.05) is 51.4 Å². The number of nitriles is 1. The van der Waals surface area contributed by atoms with Crippen LogP contribution in [0.5, 0.6) is 0 Å². The lowest BCUT2D eigenvalue weighted by Crippen LogP contribution is -2.31. The number of carbonyl (C=O) groups is 2. The van der Waals surface area contributed by atoms with Crippen molar-refractivity contribution < 1.29 is 9.59 Å². The molecule has 136 valence electrons. The van der Waals surface area contributed by atoms with Crippen LogP contribution >= 0.6 is 39.3 Å². The second kappa shape index (κ2) is 8.17. The summed E-state index contributed by atoms with van der Waals surface area (Å²) in [5.41, 5.74) is 6.63. The van der Waals surface area contributed by atoms with E-state index in [4.69, 9.17) is 17.3 Å². The summed E-state index contributed by atoms with van der Waals surface area (Å²) in [7, 11) is 0. The van der Waals surface area contributed by atoms with Gasteiger partial charge in [0.05, 0.1) is 5.25 Å². The van der Waals surface area contributed by atoms with Crippen LogP contribution in [0.2, 0.25) is 5.02 Å². The van der Waals surface area contributed by atoms with Crippen LogP contribution in [0.1, 0.15) is 5.56 Å². The first-order chi connectivity index (χ1) is 12.9. The summed E-state index contributed by atoms with van der Waals surface area (Å²) in [5, 5.41) is 9.77. The number of benzene rings is 2. The minimum Gasteiger partial charge on any atom is -0.365 e. The minimum absolute atomic E-state index is 0.207. The molecule has 3 rings (SSSR count). The van der Waals surface area contributed by atoms with E-state index in [-0.39, 0.29) is 16.5 Å². The molecule has 1 saturated heterocycles. The molecule has 1 fully saturated rings. The SMILES string of the molecule is N#C/C(C(N)=O)=C1/S[C@H](Cc2ccc(Cl)cc2)C(=O)N1c1ccc(Br)cc1. The molecule has 2 N–H and O–H groups in total. The summed E-state index contributed by atoms with van der Waals surface area (Å²) in [5.74, 6) is -1.07. The molecule has 0 aliphatic carbocycles. The summed E-state index contributed by atoms with van der Waals surface area (Å²) < 4.78 is 0.851. The maximum absolute atomic E-state index is 13.1. The number of primary amides is 1. The number of nitrogens with zero attached hydrogens (tertiary/aromatic N) is 2. The van der Waals surface area contributed by atoms with E-state index in [1.165, 1.54) is 16.7 Å². The molecule has 0 saturated carbocycles. The second-order valence-corrected chi connectivity index (χ2v) is 8.29. The third-order valence-corrected chi connectivity index (χ3v) is 5.99. The van der Waals surface area contributed by atoms with Crippen LogP contribution < -0.4 is 10.6 Å². The monoisotopic (exact) mass is 461 g/mol. The molecule has 5 nitrogen and oxygen atoms in total. The lowest BCUT2D eigenvalue weighted by molar-refractivity contribution is -0.117. The van der Waals surface area contributed by atoms with Gasteiger partial charge in [-0.3, -0.25) is 14.5 Å². The topological polar surface area (TPSA) is 87.2 Å². The molecule has 1 aliphatic rings. The van der Waals surface area contributed by atoms with Gasteiger partial charge in [-0.25, -0.2) is 0 Å².